The van der Waals surface area contributed by atoms with Crippen LogP contribution in [0, 0.1) is 5.92 Å². The fourth-order valence-electron chi connectivity index (χ4n) is 1.98. The van der Waals surface area contributed by atoms with Crippen molar-refractivity contribution in [1.29, 1.82) is 0 Å². The van der Waals surface area contributed by atoms with Gasteiger partial charge < -0.3 is 24.2 Å². The number of hydrogen-bond acceptors (Lipinski definition) is 5. The lowest BCUT2D eigenvalue weighted by Crippen LogP contribution is -2.38. The number of carboxylic acid groups (broad SMARTS) is 1. The molecule has 134 valence electrons. The lowest BCUT2D eigenvalue weighted by molar-refractivity contribution is -0.137. The number of nitrogens with zero attached hydrogens (tertiary/aromatic N) is 1. The smallest absolute Gasteiger partial charge is 0.323 e. The Kier molecular flexibility index (Phi) is 8.05. The first-order valence-corrected chi connectivity index (χ1v) is 7.69. The molecular weight excluding hydrogens is 314 g/mol. The van der Waals surface area contributed by atoms with Gasteiger partial charge in [0.2, 0.25) is 0 Å². The van der Waals surface area contributed by atoms with Gasteiger partial charge in [0, 0.05) is 19.2 Å². The molecule has 0 saturated heterocycles. The largest absolute Gasteiger partial charge is 0.493 e. The molecule has 1 N–H and O–H groups in total. The van der Waals surface area contributed by atoms with E-state index in [4.69, 9.17) is 19.3 Å². The summed E-state index contributed by atoms with van der Waals surface area (Å²) in [5, 5.41) is 8.97. The Balaban J connectivity index is 2.96. The number of carbonyl (C=O) groups is 2. The minimum atomic E-state index is -1.08. The molecule has 0 aromatic heterocycles. The van der Waals surface area contributed by atoms with E-state index >= 15 is 0 Å². The molecule has 0 aliphatic heterocycles. The van der Waals surface area contributed by atoms with Crippen LogP contribution in [0.3, 0.4) is 0 Å². The van der Waals surface area contributed by atoms with Crippen molar-refractivity contribution in [1.82, 2.24) is 4.90 Å². The highest BCUT2D eigenvalue weighted by Crippen LogP contribution is 2.29. The van der Waals surface area contributed by atoms with Gasteiger partial charge in [-0.1, -0.05) is 13.8 Å². The normalized spacial score (nSPS) is 10.5. The van der Waals surface area contributed by atoms with Crippen molar-refractivity contribution < 1.29 is 28.9 Å². The second-order valence-corrected chi connectivity index (χ2v) is 5.68. The molecule has 7 heteroatoms. The average Bonchev–Trinajstić information content (AvgIpc) is 2.55. The van der Waals surface area contributed by atoms with Gasteiger partial charge in [0.05, 0.1) is 20.3 Å². The Morgan fingerprint density at radius 1 is 1.21 bits per heavy atom. The number of methoxy groups -OCH3 is 2. The van der Waals surface area contributed by atoms with Crippen LogP contribution in [0.5, 0.6) is 11.5 Å². The molecule has 24 heavy (non-hydrogen) atoms. The molecule has 7 nitrogen and oxygen atoms in total. The molecule has 0 atom stereocenters. The molecule has 0 radical (unpaired) electrons. The van der Waals surface area contributed by atoms with Crippen LogP contribution in [-0.2, 0) is 9.53 Å². The minimum Gasteiger partial charge on any atom is -0.493 e. The first-order chi connectivity index (χ1) is 11.4. The third kappa shape index (κ3) is 6.08. The molecule has 0 bridgehead atoms. The lowest BCUT2D eigenvalue weighted by Gasteiger charge is -2.21. The van der Waals surface area contributed by atoms with Crippen molar-refractivity contribution in [2.75, 3.05) is 40.5 Å². The van der Waals surface area contributed by atoms with E-state index in [1.807, 2.05) is 13.8 Å². The van der Waals surface area contributed by atoms with Crippen LogP contribution in [-0.4, -0.2) is 62.4 Å². The summed E-state index contributed by atoms with van der Waals surface area (Å²) in [4.78, 5) is 24.7. The topological polar surface area (TPSA) is 85.3 Å². The summed E-state index contributed by atoms with van der Waals surface area (Å²) in [6.07, 6.45) is 0. The molecule has 0 aliphatic carbocycles. The Labute approximate surface area is 142 Å². The molecule has 1 rings (SSSR count). The van der Waals surface area contributed by atoms with Crippen LogP contribution in [0.4, 0.5) is 0 Å². The predicted molar refractivity (Wildman–Crippen MR) is 88.7 cm³/mol. The highest BCUT2D eigenvalue weighted by atomic mass is 16.5. The Hall–Kier alpha value is -2.28. The summed E-state index contributed by atoms with van der Waals surface area (Å²) in [5.74, 6) is -0.143. The molecule has 0 spiro atoms. The zero-order chi connectivity index (χ0) is 18.1. The van der Waals surface area contributed by atoms with Gasteiger partial charge in [0.1, 0.15) is 6.54 Å². The zero-order valence-corrected chi connectivity index (χ0v) is 14.6. The summed E-state index contributed by atoms with van der Waals surface area (Å²) >= 11 is 0. The van der Waals surface area contributed by atoms with Crippen molar-refractivity contribution in [2.45, 2.75) is 13.8 Å². The maximum absolute atomic E-state index is 12.5. The van der Waals surface area contributed by atoms with Crippen molar-refractivity contribution in [2.24, 2.45) is 5.92 Å². The summed E-state index contributed by atoms with van der Waals surface area (Å²) in [7, 11) is 2.99. The fourth-order valence-corrected chi connectivity index (χ4v) is 1.98. The molecule has 1 amide bonds. The first-order valence-electron chi connectivity index (χ1n) is 7.69. The molecule has 1 aromatic carbocycles. The maximum Gasteiger partial charge on any atom is 0.323 e. The van der Waals surface area contributed by atoms with Gasteiger partial charge >= 0.3 is 5.97 Å². The zero-order valence-electron chi connectivity index (χ0n) is 14.6. The maximum atomic E-state index is 12.5. The van der Waals surface area contributed by atoms with Crippen LogP contribution in [0.25, 0.3) is 0 Å². The number of hydrogen-bond donors (Lipinski definition) is 1. The van der Waals surface area contributed by atoms with Crippen LogP contribution in [0.15, 0.2) is 18.2 Å². The first kappa shape index (κ1) is 19.8. The van der Waals surface area contributed by atoms with Crippen LogP contribution in [0.2, 0.25) is 0 Å². The number of carboxylic acids is 1. The molecule has 0 fully saturated rings. The Bertz CT molecular complexity index is 558. The highest BCUT2D eigenvalue weighted by molar-refractivity contribution is 5.96. The predicted octanol–water partition coefficient (Wildman–Crippen LogP) is 1.90. The monoisotopic (exact) mass is 339 g/mol. The number of rotatable bonds is 10. The fraction of sp³-hybridized carbons (Fsp3) is 0.529. The standard InChI is InChI=1S/C17H25NO6/c1-12(2)11-24-14-6-5-13(9-15(14)23-4)17(21)18(7-8-22-3)10-16(19)20/h5-6,9,12H,7-8,10-11H2,1-4H3,(H,19,20). The van der Waals surface area contributed by atoms with Crippen molar-refractivity contribution in [3.8, 4) is 11.5 Å². The van der Waals surface area contributed by atoms with E-state index in [1.165, 1.54) is 19.1 Å². The van der Waals surface area contributed by atoms with Gasteiger partial charge in [0.25, 0.3) is 5.91 Å². The average molecular weight is 339 g/mol. The van der Waals surface area contributed by atoms with Crippen molar-refractivity contribution >= 4 is 11.9 Å². The van der Waals surface area contributed by atoms with Crippen LogP contribution in [0.1, 0.15) is 24.2 Å². The van der Waals surface area contributed by atoms with Gasteiger partial charge in [-0.25, -0.2) is 0 Å². The summed E-state index contributed by atoms with van der Waals surface area (Å²) < 4.78 is 15.9. The number of amides is 1. The highest BCUT2D eigenvalue weighted by Gasteiger charge is 2.20. The van der Waals surface area contributed by atoms with E-state index in [-0.39, 0.29) is 13.2 Å². The Morgan fingerprint density at radius 2 is 1.92 bits per heavy atom. The van der Waals surface area contributed by atoms with Crippen molar-refractivity contribution in [3.05, 3.63) is 23.8 Å². The second-order valence-electron chi connectivity index (χ2n) is 5.68. The minimum absolute atomic E-state index is 0.190. The van der Waals surface area contributed by atoms with Crippen molar-refractivity contribution in [3.63, 3.8) is 0 Å². The number of benzene rings is 1. The quantitative estimate of drug-likeness (QED) is 0.701. The van der Waals surface area contributed by atoms with E-state index in [2.05, 4.69) is 0 Å². The number of carbonyl (C=O) groups excluding carboxylic acids is 1. The molecular formula is C17H25NO6. The molecule has 0 heterocycles. The van der Waals surface area contributed by atoms with E-state index in [0.717, 1.165) is 0 Å². The molecule has 0 saturated carbocycles. The van der Waals surface area contributed by atoms with Gasteiger partial charge in [-0.15, -0.1) is 0 Å². The van der Waals surface area contributed by atoms with Gasteiger partial charge in [-0.3, -0.25) is 9.59 Å². The van der Waals surface area contributed by atoms with Gasteiger partial charge in [-0.05, 0) is 24.1 Å². The lowest BCUT2D eigenvalue weighted by atomic mass is 10.1. The van der Waals surface area contributed by atoms with E-state index in [1.54, 1.807) is 18.2 Å². The Morgan fingerprint density at radius 3 is 2.46 bits per heavy atom. The number of ether oxygens (including phenoxy) is 3. The molecule has 0 aliphatic rings. The molecule has 0 unspecified atom stereocenters. The third-order valence-corrected chi connectivity index (χ3v) is 3.16. The van der Waals surface area contributed by atoms with Crippen LogP contribution >= 0.6 is 0 Å². The summed E-state index contributed by atoms with van der Waals surface area (Å²) in [5.41, 5.74) is 0.334. The van der Waals surface area contributed by atoms with Crippen LogP contribution < -0.4 is 9.47 Å². The van der Waals surface area contributed by atoms with E-state index in [0.29, 0.717) is 29.6 Å². The SMILES string of the molecule is COCCN(CC(=O)O)C(=O)c1ccc(OCC(C)C)c(OC)c1. The van der Waals surface area contributed by atoms with E-state index in [9.17, 15) is 9.59 Å². The summed E-state index contributed by atoms with van der Waals surface area (Å²) in [6.45, 7) is 4.65. The third-order valence-electron chi connectivity index (χ3n) is 3.16. The number of aliphatic carboxylic acids is 1. The second kappa shape index (κ2) is 9.77. The van der Waals surface area contributed by atoms with Gasteiger partial charge in [-0.2, -0.15) is 0 Å². The van der Waals surface area contributed by atoms with Gasteiger partial charge in [0.15, 0.2) is 11.5 Å². The summed E-state index contributed by atoms with van der Waals surface area (Å²) in [6, 6.07) is 4.81. The van der Waals surface area contributed by atoms with E-state index < -0.39 is 18.4 Å². The molecule has 1 aromatic rings.